The van der Waals surface area contributed by atoms with E-state index in [1.165, 1.54) is 11.1 Å². The van der Waals surface area contributed by atoms with Crippen LogP contribution in [0.5, 0.6) is 0 Å². The molecule has 0 aliphatic carbocycles. The van der Waals surface area contributed by atoms with E-state index >= 15 is 0 Å². The molecule has 0 aliphatic rings. The molecule has 0 saturated heterocycles. The zero-order chi connectivity index (χ0) is 14.5. The third-order valence-electron chi connectivity index (χ3n) is 3.70. The third kappa shape index (κ3) is 3.71. The number of halogens is 1. The molecule has 0 saturated carbocycles. The topological polar surface area (TPSA) is 20.2 Å². The summed E-state index contributed by atoms with van der Waals surface area (Å²) in [5.74, 6) is 0. The number of hydrogen-bond donors (Lipinski definition) is 1. The molecule has 0 aromatic heterocycles. The van der Waals surface area contributed by atoms with Gasteiger partial charge in [-0.2, -0.15) is 0 Å². The highest BCUT2D eigenvalue weighted by molar-refractivity contribution is 9.10. The van der Waals surface area contributed by atoms with Crippen LogP contribution < -0.4 is 0 Å². The Labute approximate surface area is 129 Å². The Balaban J connectivity index is 2.23. The highest BCUT2D eigenvalue weighted by Crippen LogP contribution is 2.25. The van der Waals surface area contributed by atoms with Crippen LogP contribution in [-0.2, 0) is 19.3 Å². The number of hydrogen-bond acceptors (Lipinski definition) is 1. The fourth-order valence-electron chi connectivity index (χ4n) is 2.45. The second-order valence-corrected chi connectivity index (χ2v) is 6.00. The van der Waals surface area contributed by atoms with Gasteiger partial charge in [0.1, 0.15) is 0 Å². The van der Waals surface area contributed by atoms with Gasteiger partial charge in [0.15, 0.2) is 0 Å². The van der Waals surface area contributed by atoms with Crippen molar-refractivity contribution >= 4 is 15.9 Å². The molecule has 2 aromatic rings. The summed E-state index contributed by atoms with van der Waals surface area (Å²) in [5, 5.41) is 10.6. The van der Waals surface area contributed by atoms with E-state index in [-0.39, 0.29) is 0 Å². The Kier molecular flexibility index (Phi) is 5.38. The zero-order valence-electron chi connectivity index (χ0n) is 12.1. The van der Waals surface area contributed by atoms with Crippen molar-refractivity contribution in [3.63, 3.8) is 0 Å². The lowest BCUT2D eigenvalue weighted by molar-refractivity contribution is 0.177. The summed E-state index contributed by atoms with van der Waals surface area (Å²) in [7, 11) is 0. The Bertz CT molecular complexity index is 560. The first-order chi connectivity index (χ1) is 9.63. The molecule has 20 heavy (non-hydrogen) atoms. The lowest BCUT2D eigenvalue weighted by atomic mass is 9.93. The van der Waals surface area contributed by atoms with E-state index in [0.717, 1.165) is 28.4 Å². The molecule has 1 nitrogen and oxygen atoms in total. The summed E-state index contributed by atoms with van der Waals surface area (Å²) >= 11 is 3.44. The zero-order valence-corrected chi connectivity index (χ0v) is 13.7. The van der Waals surface area contributed by atoms with E-state index in [1.54, 1.807) is 0 Å². The molecule has 1 N–H and O–H groups in total. The van der Waals surface area contributed by atoms with Crippen LogP contribution in [0.1, 0.15) is 42.2 Å². The monoisotopic (exact) mass is 332 g/mol. The molecule has 0 amide bonds. The first kappa shape index (κ1) is 15.3. The normalized spacial score (nSPS) is 12.4. The molecule has 106 valence electrons. The molecular weight excluding hydrogens is 312 g/mol. The Morgan fingerprint density at radius 1 is 0.950 bits per heavy atom. The SMILES string of the molecule is CCc1ccc(CC)c(C(O)Cc2ccc(Br)cc2)c1. The van der Waals surface area contributed by atoms with Crippen molar-refractivity contribution in [1.82, 2.24) is 0 Å². The summed E-state index contributed by atoms with van der Waals surface area (Å²) in [4.78, 5) is 0. The van der Waals surface area contributed by atoms with Gasteiger partial charge in [0.25, 0.3) is 0 Å². The predicted octanol–water partition coefficient (Wildman–Crippen LogP) is 4.85. The average molecular weight is 333 g/mol. The molecule has 1 unspecified atom stereocenters. The molecule has 0 fully saturated rings. The van der Waals surface area contributed by atoms with Gasteiger partial charge >= 0.3 is 0 Å². The van der Waals surface area contributed by atoms with Crippen molar-refractivity contribution in [3.8, 4) is 0 Å². The van der Waals surface area contributed by atoms with Gasteiger partial charge in [-0.25, -0.2) is 0 Å². The largest absolute Gasteiger partial charge is 0.388 e. The average Bonchev–Trinajstić information content (AvgIpc) is 2.48. The lowest BCUT2D eigenvalue weighted by Crippen LogP contribution is -2.06. The molecule has 1 atom stereocenters. The molecule has 0 heterocycles. The second-order valence-electron chi connectivity index (χ2n) is 5.09. The minimum Gasteiger partial charge on any atom is -0.388 e. The smallest absolute Gasteiger partial charge is 0.0833 e. The summed E-state index contributed by atoms with van der Waals surface area (Å²) in [6.07, 6.45) is 2.18. The van der Waals surface area contributed by atoms with Gasteiger partial charge in [-0.15, -0.1) is 0 Å². The fourth-order valence-corrected chi connectivity index (χ4v) is 2.71. The van der Waals surface area contributed by atoms with Crippen molar-refractivity contribution in [2.24, 2.45) is 0 Å². The van der Waals surface area contributed by atoms with E-state index in [4.69, 9.17) is 0 Å². The van der Waals surface area contributed by atoms with Crippen LogP contribution in [0.4, 0.5) is 0 Å². The van der Waals surface area contributed by atoms with Crippen molar-refractivity contribution in [3.05, 3.63) is 69.2 Å². The van der Waals surface area contributed by atoms with Gasteiger partial charge in [-0.1, -0.05) is 60.1 Å². The van der Waals surface area contributed by atoms with Gasteiger partial charge in [0.2, 0.25) is 0 Å². The first-order valence-corrected chi connectivity index (χ1v) is 7.97. The van der Waals surface area contributed by atoms with Crippen LogP contribution >= 0.6 is 15.9 Å². The Morgan fingerprint density at radius 2 is 1.60 bits per heavy atom. The van der Waals surface area contributed by atoms with Crippen molar-refractivity contribution in [2.75, 3.05) is 0 Å². The summed E-state index contributed by atoms with van der Waals surface area (Å²) in [6, 6.07) is 14.6. The number of aliphatic hydroxyl groups excluding tert-OH is 1. The van der Waals surface area contributed by atoms with Crippen molar-refractivity contribution in [2.45, 2.75) is 39.2 Å². The molecule has 0 aliphatic heterocycles. The van der Waals surface area contributed by atoms with Gasteiger partial charge < -0.3 is 5.11 Å². The standard InChI is InChI=1S/C18H21BrO/c1-3-13-5-8-15(4-2)17(11-13)18(20)12-14-6-9-16(19)10-7-14/h5-11,18,20H,3-4,12H2,1-2H3. The molecule has 0 spiro atoms. The number of rotatable bonds is 5. The van der Waals surface area contributed by atoms with Gasteiger partial charge in [0.05, 0.1) is 6.10 Å². The molecular formula is C18H21BrO. The van der Waals surface area contributed by atoms with Crippen molar-refractivity contribution < 1.29 is 5.11 Å². The first-order valence-electron chi connectivity index (χ1n) is 7.18. The molecule has 2 aromatic carbocycles. The molecule has 0 bridgehead atoms. The summed E-state index contributed by atoms with van der Waals surface area (Å²) in [6.45, 7) is 4.28. The van der Waals surface area contributed by atoms with Crippen LogP contribution in [0.2, 0.25) is 0 Å². The van der Waals surface area contributed by atoms with Crippen LogP contribution in [0.15, 0.2) is 46.9 Å². The van der Waals surface area contributed by atoms with Crippen molar-refractivity contribution in [1.29, 1.82) is 0 Å². The summed E-state index contributed by atoms with van der Waals surface area (Å²) in [5.41, 5.74) is 4.76. The maximum atomic E-state index is 10.6. The van der Waals surface area contributed by atoms with Crippen LogP contribution in [0.25, 0.3) is 0 Å². The second kappa shape index (κ2) is 7.05. The molecule has 0 radical (unpaired) electrons. The number of benzene rings is 2. The van der Waals surface area contributed by atoms with E-state index < -0.39 is 6.10 Å². The van der Waals surface area contributed by atoms with Gasteiger partial charge in [-0.05, 0) is 47.2 Å². The fraction of sp³-hybridized carbons (Fsp3) is 0.333. The van der Waals surface area contributed by atoms with E-state index in [2.05, 4.69) is 60.1 Å². The highest BCUT2D eigenvalue weighted by atomic mass is 79.9. The molecule has 2 rings (SSSR count). The van der Waals surface area contributed by atoms with Gasteiger partial charge in [0, 0.05) is 10.9 Å². The highest BCUT2D eigenvalue weighted by Gasteiger charge is 2.13. The Hall–Kier alpha value is -1.12. The quantitative estimate of drug-likeness (QED) is 0.829. The van der Waals surface area contributed by atoms with E-state index in [0.29, 0.717) is 6.42 Å². The number of aliphatic hydroxyl groups is 1. The van der Waals surface area contributed by atoms with Crippen LogP contribution in [-0.4, -0.2) is 5.11 Å². The predicted molar refractivity (Wildman–Crippen MR) is 88.0 cm³/mol. The van der Waals surface area contributed by atoms with Crippen LogP contribution in [0, 0.1) is 0 Å². The number of aryl methyl sites for hydroxylation is 2. The van der Waals surface area contributed by atoms with Crippen LogP contribution in [0.3, 0.4) is 0 Å². The maximum Gasteiger partial charge on any atom is 0.0833 e. The minimum absolute atomic E-state index is 0.433. The Morgan fingerprint density at radius 3 is 2.20 bits per heavy atom. The molecule has 2 heteroatoms. The third-order valence-corrected chi connectivity index (χ3v) is 4.23. The maximum absolute atomic E-state index is 10.6. The summed E-state index contributed by atoms with van der Waals surface area (Å²) < 4.78 is 1.07. The van der Waals surface area contributed by atoms with E-state index in [9.17, 15) is 5.11 Å². The lowest BCUT2D eigenvalue weighted by Gasteiger charge is -2.16. The van der Waals surface area contributed by atoms with E-state index in [1.807, 2.05) is 12.1 Å². The minimum atomic E-state index is -0.433. The van der Waals surface area contributed by atoms with Gasteiger partial charge in [-0.3, -0.25) is 0 Å².